The lowest BCUT2D eigenvalue weighted by Gasteiger charge is -2.19. The van der Waals surface area contributed by atoms with Crippen LogP contribution in [0.1, 0.15) is 23.5 Å². The molecule has 0 radical (unpaired) electrons. The molecule has 1 amide bonds. The van der Waals surface area contributed by atoms with Crippen molar-refractivity contribution in [2.45, 2.75) is 19.9 Å². The van der Waals surface area contributed by atoms with Crippen LogP contribution in [-0.4, -0.2) is 25.0 Å². The molecule has 0 saturated heterocycles. The quantitative estimate of drug-likeness (QED) is 0.792. The molecule has 0 aliphatic carbocycles. The van der Waals surface area contributed by atoms with Gasteiger partial charge in [-0.05, 0) is 43.8 Å². The number of hydrogen-bond donors (Lipinski definition) is 1. The molecule has 4 nitrogen and oxygen atoms in total. The van der Waals surface area contributed by atoms with Crippen molar-refractivity contribution in [1.82, 2.24) is 5.32 Å². The zero-order valence-corrected chi connectivity index (χ0v) is 14.1. The zero-order valence-electron chi connectivity index (χ0n) is 10.1. The number of ether oxygens (including phenoxy) is 1. The van der Waals surface area contributed by atoms with Crippen LogP contribution in [-0.2, 0) is 9.53 Å². The van der Waals surface area contributed by atoms with Gasteiger partial charge in [0.05, 0.1) is 15.8 Å². The molecule has 1 atom stereocenters. The number of carbonyl (C=O) groups excluding carboxylic acids is 2. The van der Waals surface area contributed by atoms with Crippen LogP contribution >= 0.6 is 43.2 Å². The molecule has 0 aliphatic rings. The third-order valence-corrected chi connectivity index (χ3v) is 5.53. The molecule has 100 valence electrons. The Hall–Kier alpha value is -0.400. The molecule has 1 aromatic rings. The number of amides is 1. The van der Waals surface area contributed by atoms with E-state index >= 15 is 0 Å². The first kappa shape index (κ1) is 15.7. The minimum atomic E-state index is -0.637. The molecule has 7 heteroatoms. The van der Waals surface area contributed by atoms with E-state index in [2.05, 4.69) is 41.9 Å². The molecular formula is C11H13Br2NO3S. The molecule has 1 aromatic heterocycles. The van der Waals surface area contributed by atoms with Gasteiger partial charge < -0.3 is 10.1 Å². The summed E-state index contributed by atoms with van der Waals surface area (Å²) in [5, 5.41) is 2.68. The average molecular weight is 399 g/mol. The van der Waals surface area contributed by atoms with Crippen LogP contribution in [0.4, 0.5) is 0 Å². The first-order valence-corrected chi connectivity index (χ1v) is 7.60. The van der Waals surface area contributed by atoms with Gasteiger partial charge in [-0.15, -0.1) is 11.3 Å². The van der Waals surface area contributed by atoms with Crippen molar-refractivity contribution in [3.05, 3.63) is 19.2 Å². The van der Waals surface area contributed by atoms with E-state index in [0.717, 1.165) is 8.26 Å². The van der Waals surface area contributed by atoms with Crippen LogP contribution in [0.5, 0.6) is 0 Å². The molecule has 0 aliphatic heterocycles. The predicted molar refractivity (Wildman–Crippen MR) is 77.8 cm³/mol. The Morgan fingerprint density at radius 1 is 1.39 bits per heavy atom. The largest absolute Gasteiger partial charge is 0.467 e. The number of methoxy groups -OCH3 is 1. The van der Waals surface area contributed by atoms with Crippen molar-refractivity contribution < 1.29 is 14.3 Å². The number of carbonyl (C=O) groups is 2. The Kier molecular flexibility index (Phi) is 5.81. The van der Waals surface area contributed by atoms with Gasteiger partial charge in [-0.3, -0.25) is 4.79 Å². The Morgan fingerprint density at radius 2 is 2.00 bits per heavy atom. The lowest BCUT2D eigenvalue weighted by molar-refractivity contribution is -0.144. The minimum Gasteiger partial charge on any atom is -0.467 e. The molecule has 0 fully saturated rings. The molecule has 0 unspecified atom stereocenters. The zero-order chi connectivity index (χ0) is 13.9. The summed E-state index contributed by atoms with van der Waals surface area (Å²) in [6.07, 6.45) is 0. The van der Waals surface area contributed by atoms with E-state index in [1.54, 1.807) is 6.07 Å². The average Bonchev–Trinajstić information content (AvgIpc) is 2.65. The van der Waals surface area contributed by atoms with Crippen LogP contribution in [0.3, 0.4) is 0 Å². The second-order valence-electron chi connectivity index (χ2n) is 3.95. The molecule has 1 heterocycles. The Balaban J connectivity index is 2.81. The fourth-order valence-electron chi connectivity index (χ4n) is 1.30. The summed E-state index contributed by atoms with van der Waals surface area (Å²) in [7, 11) is 1.31. The predicted octanol–water partition coefficient (Wildman–Crippen LogP) is 3.20. The summed E-state index contributed by atoms with van der Waals surface area (Å²) >= 11 is 7.94. The fraction of sp³-hybridized carbons (Fsp3) is 0.455. The van der Waals surface area contributed by atoms with Gasteiger partial charge in [0.15, 0.2) is 0 Å². The van der Waals surface area contributed by atoms with Crippen LogP contribution in [0, 0.1) is 5.92 Å². The fourth-order valence-corrected chi connectivity index (χ4v) is 3.23. The molecule has 0 bridgehead atoms. The van der Waals surface area contributed by atoms with Gasteiger partial charge in [0.25, 0.3) is 5.91 Å². The van der Waals surface area contributed by atoms with Crippen molar-refractivity contribution in [2.75, 3.05) is 7.11 Å². The first-order valence-electron chi connectivity index (χ1n) is 5.20. The molecular weight excluding hydrogens is 386 g/mol. The molecule has 18 heavy (non-hydrogen) atoms. The van der Waals surface area contributed by atoms with Crippen molar-refractivity contribution in [3.8, 4) is 0 Å². The number of thiophene rings is 1. The highest BCUT2D eigenvalue weighted by atomic mass is 79.9. The summed E-state index contributed by atoms with van der Waals surface area (Å²) in [5.41, 5.74) is 0. The number of esters is 1. The van der Waals surface area contributed by atoms with E-state index in [1.165, 1.54) is 18.4 Å². The highest BCUT2D eigenvalue weighted by Gasteiger charge is 2.26. The van der Waals surface area contributed by atoms with E-state index in [1.807, 2.05) is 13.8 Å². The highest BCUT2D eigenvalue weighted by Crippen LogP contribution is 2.32. The van der Waals surface area contributed by atoms with Crippen molar-refractivity contribution in [2.24, 2.45) is 5.92 Å². The second-order valence-corrected chi connectivity index (χ2v) is 7.18. The SMILES string of the molecule is COC(=O)[C@@H](NC(=O)c1cc(Br)c(Br)s1)C(C)C. The van der Waals surface area contributed by atoms with Gasteiger partial charge in [0.2, 0.25) is 0 Å². The number of rotatable bonds is 4. The standard InChI is InChI=1S/C11H13Br2NO3S/c1-5(2)8(11(16)17-3)14-10(15)7-4-6(12)9(13)18-7/h4-5,8H,1-3H3,(H,14,15)/t8-/m0/s1. The van der Waals surface area contributed by atoms with Crippen molar-refractivity contribution in [1.29, 1.82) is 0 Å². The number of nitrogens with one attached hydrogen (secondary N) is 1. The molecule has 0 spiro atoms. The number of halogens is 2. The maximum Gasteiger partial charge on any atom is 0.328 e. The van der Waals surface area contributed by atoms with Gasteiger partial charge in [-0.25, -0.2) is 4.79 Å². The summed E-state index contributed by atoms with van der Waals surface area (Å²) in [5.74, 6) is -0.753. The first-order chi connectivity index (χ1) is 8.36. The van der Waals surface area contributed by atoms with Gasteiger partial charge in [0.1, 0.15) is 6.04 Å². The topological polar surface area (TPSA) is 55.4 Å². The van der Waals surface area contributed by atoms with Gasteiger partial charge in [-0.2, -0.15) is 0 Å². The Bertz CT molecular complexity index is 440. The smallest absolute Gasteiger partial charge is 0.328 e. The van der Waals surface area contributed by atoms with Crippen molar-refractivity contribution in [3.63, 3.8) is 0 Å². The van der Waals surface area contributed by atoms with Gasteiger partial charge >= 0.3 is 5.97 Å². The van der Waals surface area contributed by atoms with Crippen LogP contribution < -0.4 is 5.32 Å². The molecule has 1 rings (SSSR count). The van der Waals surface area contributed by atoms with Crippen LogP contribution in [0.15, 0.2) is 14.3 Å². The van der Waals surface area contributed by atoms with Crippen LogP contribution in [0.25, 0.3) is 0 Å². The molecule has 0 aromatic carbocycles. The summed E-state index contributed by atoms with van der Waals surface area (Å²) in [4.78, 5) is 24.1. The highest BCUT2D eigenvalue weighted by molar-refractivity contribution is 9.13. The third-order valence-electron chi connectivity index (χ3n) is 2.28. The summed E-state index contributed by atoms with van der Waals surface area (Å²) in [6, 6.07) is 1.07. The van der Waals surface area contributed by atoms with E-state index in [4.69, 9.17) is 0 Å². The maximum absolute atomic E-state index is 12.0. The van der Waals surface area contributed by atoms with Gasteiger partial charge in [0, 0.05) is 4.47 Å². The molecule has 0 saturated carbocycles. The monoisotopic (exact) mass is 397 g/mol. The Morgan fingerprint density at radius 3 is 2.39 bits per heavy atom. The summed E-state index contributed by atoms with van der Waals surface area (Å²) in [6.45, 7) is 3.70. The Labute approximate surface area is 126 Å². The van der Waals surface area contributed by atoms with E-state index in [0.29, 0.717) is 4.88 Å². The maximum atomic E-state index is 12.0. The number of hydrogen-bond acceptors (Lipinski definition) is 4. The third kappa shape index (κ3) is 3.80. The minimum absolute atomic E-state index is 0.0340. The summed E-state index contributed by atoms with van der Waals surface area (Å²) < 4.78 is 6.33. The second kappa shape index (κ2) is 6.68. The van der Waals surface area contributed by atoms with Crippen molar-refractivity contribution >= 4 is 55.1 Å². The van der Waals surface area contributed by atoms with E-state index in [9.17, 15) is 9.59 Å². The van der Waals surface area contributed by atoms with E-state index < -0.39 is 12.0 Å². The van der Waals surface area contributed by atoms with Crippen LogP contribution in [0.2, 0.25) is 0 Å². The lowest BCUT2D eigenvalue weighted by Crippen LogP contribution is -2.44. The van der Waals surface area contributed by atoms with E-state index in [-0.39, 0.29) is 11.8 Å². The normalized spacial score (nSPS) is 12.3. The molecule has 1 N–H and O–H groups in total. The van der Waals surface area contributed by atoms with Gasteiger partial charge in [-0.1, -0.05) is 13.8 Å². The lowest BCUT2D eigenvalue weighted by atomic mass is 10.0.